The number of ketones is 1. The van der Waals surface area contributed by atoms with Gasteiger partial charge < -0.3 is 26.3 Å². The summed E-state index contributed by atoms with van der Waals surface area (Å²) in [6.07, 6.45) is 1.60. The molecule has 0 spiro atoms. The van der Waals surface area contributed by atoms with E-state index in [1.807, 2.05) is 6.92 Å². The van der Waals surface area contributed by atoms with Gasteiger partial charge in [-0.1, -0.05) is 0 Å². The van der Waals surface area contributed by atoms with Crippen molar-refractivity contribution >= 4 is 5.78 Å². The van der Waals surface area contributed by atoms with Gasteiger partial charge in [-0.15, -0.1) is 0 Å². The molecule has 0 saturated heterocycles. The number of halogens is 3. The zero-order valence-corrected chi connectivity index (χ0v) is 14.9. The number of aryl methyl sites for hydroxylation is 1. The molecule has 0 saturated carbocycles. The molecule has 0 radical (unpaired) electrons. The van der Waals surface area contributed by atoms with Gasteiger partial charge >= 0.3 is 0 Å². The van der Waals surface area contributed by atoms with E-state index in [1.54, 1.807) is 13.1 Å². The van der Waals surface area contributed by atoms with Gasteiger partial charge in [0.25, 0.3) is 0 Å². The Hall–Kier alpha value is -1.93. The van der Waals surface area contributed by atoms with Crippen LogP contribution in [-0.2, 0) is 17.9 Å². The number of carbonyl (C=O) groups excluding carboxylic acids is 1. The van der Waals surface area contributed by atoms with E-state index < -0.39 is 17.4 Å². The molecule has 0 aliphatic carbocycles. The standard InChI is InChI=1S/C16H17F2N3O2.BrH/c1-3-23-9-11-7-21(10(2)20-16(11)19)8-15(22)13-5-4-12(17)6-14(13)18;/h4-7,19H,3,8-9H2,1-2H3;1H/p-1. The van der Waals surface area contributed by atoms with Crippen LogP contribution < -0.4 is 22.5 Å². The Morgan fingerprint density at radius 2 is 2.08 bits per heavy atom. The van der Waals surface area contributed by atoms with Crippen molar-refractivity contribution < 1.29 is 35.3 Å². The summed E-state index contributed by atoms with van der Waals surface area (Å²) in [6, 6.07) is 2.84. The van der Waals surface area contributed by atoms with E-state index in [0.717, 1.165) is 12.1 Å². The van der Waals surface area contributed by atoms with Gasteiger partial charge in [-0.05, 0) is 26.0 Å². The third kappa shape index (κ3) is 4.78. The number of nitrogens with zero attached hydrogens (tertiary/aromatic N) is 2. The average Bonchev–Trinajstić information content (AvgIpc) is 2.48. The SMILES string of the molecule is CCOCc1cn(CC(=O)c2ccc(F)cc2F)c(C)nc1=N.[Br-]. The lowest BCUT2D eigenvalue weighted by Crippen LogP contribution is -3.00. The molecule has 1 N–H and O–H groups in total. The minimum absolute atomic E-state index is 0. The number of aromatic nitrogens is 2. The van der Waals surface area contributed by atoms with Crippen LogP contribution in [0.1, 0.15) is 28.7 Å². The van der Waals surface area contributed by atoms with Crippen molar-refractivity contribution in [3.63, 3.8) is 0 Å². The number of ether oxygens (including phenoxy) is 1. The molecule has 130 valence electrons. The number of hydrogen-bond acceptors (Lipinski definition) is 4. The van der Waals surface area contributed by atoms with Crippen LogP contribution in [0, 0.1) is 24.0 Å². The van der Waals surface area contributed by atoms with Crippen molar-refractivity contribution in [1.29, 1.82) is 5.41 Å². The van der Waals surface area contributed by atoms with Gasteiger partial charge in [-0.25, -0.2) is 13.8 Å². The molecule has 1 aromatic carbocycles. The monoisotopic (exact) mass is 400 g/mol. The maximum Gasteiger partial charge on any atom is 0.185 e. The van der Waals surface area contributed by atoms with Crippen LogP contribution in [0.2, 0.25) is 0 Å². The van der Waals surface area contributed by atoms with Crippen molar-refractivity contribution in [2.24, 2.45) is 0 Å². The molecule has 0 fully saturated rings. The highest BCUT2D eigenvalue weighted by Gasteiger charge is 2.14. The minimum Gasteiger partial charge on any atom is -1.00 e. The van der Waals surface area contributed by atoms with E-state index in [0.29, 0.717) is 24.1 Å². The minimum atomic E-state index is -0.895. The number of rotatable bonds is 6. The van der Waals surface area contributed by atoms with E-state index in [4.69, 9.17) is 10.1 Å². The summed E-state index contributed by atoms with van der Waals surface area (Å²) in [7, 11) is 0. The smallest absolute Gasteiger partial charge is 0.185 e. The third-order valence-corrected chi connectivity index (χ3v) is 3.31. The Kier molecular flexibility index (Phi) is 7.37. The average molecular weight is 401 g/mol. The van der Waals surface area contributed by atoms with Gasteiger partial charge in [0.2, 0.25) is 0 Å². The first-order chi connectivity index (χ1) is 10.9. The Morgan fingerprint density at radius 3 is 2.71 bits per heavy atom. The number of nitrogens with one attached hydrogen (secondary N) is 1. The third-order valence-electron chi connectivity index (χ3n) is 3.31. The maximum atomic E-state index is 13.7. The topological polar surface area (TPSA) is 68.0 Å². The second-order valence-electron chi connectivity index (χ2n) is 4.97. The predicted octanol–water partition coefficient (Wildman–Crippen LogP) is -0.627. The normalized spacial score (nSPS) is 10.3. The van der Waals surface area contributed by atoms with Crippen molar-refractivity contribution in [3.8, 4) is 0 Å². The van der Waals surface area contributed by atoms with Crippen LogP contribution >= 0.6 is 0 Å². The fourth-order valence-corrected chi connectivity index (χ4v) is 2.07. The largest absolute Gasteiger partial charge is 1.00 e. The van der Waals surface area contributed by atoms with E-state index >= 15 is 0 Å². The van der Waals surface area contributed by atoms with E-state index in [1.165, 1.54) is 4.57 Å². The van der Waals surface area contributed by atoms with Crippen LogP contribution in [0.5, 0.6) is 0 Å². The summed E-state index contributed by atoms with van der Waals surface area (Å²) in [5.41, 5.74) is 0.428. The molecular weight excluding hydrogens is 384 g/mol. The van der Waals surface area contributed by atoms with Crippen molar-refractivity contribution in [2.75, 3.05) is 6.61 Å². The van der Waals surface area contributed by atoms with E-state index in [-0.39, 0.29) is 41.2 Å². The Bertz CT molecular complexity index is 793. The van der Waals surface area contributed by atoms with Gasteiger partial charge in [0.15, 0.2) is 11.3 Å². The van der Waals surface area contributed by atoms with Crippen LogP contribution in [0.15, 0.2) is 24.4 Å². The molecule has 0 atom stereocenters. The van der Waals surface area contributed by atoms with Crippen molar-refractivity contribution in [2.45, 2.75) is 27.0 Å². The molecule has 1 aromatic heterocycles. The Morgan fingerprint density at radius 1 is 1.38 bits per heavy atom. The van der Waals surface area contributed by atoms with Crippen LogP contribution in [0.4, 0.5) is 8.78 Å². The van der Waals surface area contributed by atoms with E-state index in [2.05, 4.69) is 4.98 Å². The summed E-state index contributed by atoms with van der Waals surface area (Å²) in [5, 5.41) is 7.80. The molecule has 0 unspecified atom stereocenters. The summed E-state index contributed by atoms with van der Waals surface area (Å²) in [5.74, 6) is -1.68. The maximum absolute atomic E-state index is 13.7. The van der Waals surface area contributed by atoms with Gasteiger partial charge in [-0.3, -0.25) is 10.2 Å². The fraction of sp³-hybridized carbons (Fsp3) is 0.312. The van der Waals surface area contributed by atoms with Crippen molar-refractivity contribution in [1.82, 2.24) is 9.55 Å². The lowest BCUT2D eigenvalue weighted by atomic mass is 10.1. The Balaban J connectivity index is 0.00000288. The number of carbonyl (C=O) groups is 1. The fourth-order valence-electron chi connectivity index (χ4n) is 2.07. The van der Waals surface area contributed by atoms with Gasteiger partial charge in [0, 0.05) is 24.4 Å². The molecule has 0 aliphatic heterocycles. The molecule has 0 aliphatic rings. The predicted molar refractivity (Wildman–Crippen MR) is 78.8 cm³/mol. The van der Waals surface area contributed by atoms with Crippen LogP contribution in [0.25, 0.3) is 0 Å². The van der Waals surface area contributed by atoms with Crippen LogP contribution in [0.3, 0.4) is 0 Å². The molecule has 2 aromatic rings. The zero-order chi connectivity index (χ0) is 17.0. The second kappa shape index (κ2) is 8.79. The highest BCUT2D eigenvalue weighted by Crippen LogP contribution is 2.12. The van der Waals surface area contributed by atoms with Crippen molar-refractivity contribution in [3.05, 3.63) is 58.5 Å². The molecule has 24 heavy (non-hydrogen) atoms. The summed E-state index contributed by atoms with van der Waals surface area (Å²) in [4.78, 5) is 16.3. The zero-order valence-electron chi connectivity index (χ0n) is 13.3. The van der Waals surface area contributed by atoms with Gasteiger partial charge in [0.1, 0.15) is 17.5 Å². The molecule has 0 amide bonds. The summed E-state index contributed by atoms with van der Waals surface area (Å²) in [6.45, 7) is 4.03. The molecule has 8 heteroatoms. The lowest BCUT2D eigenvalue weighted by molar-refractivity contribution is -0.0000153. The van der Waals surface area contributed by atoms with Gasteiger partial charge in [0.05, 0.1) is 18.7 Å². The first kappa shape index (κ1) is 20.1. The van der Waals surface area contributed by atoms with Gasteiger partial charge in [-0.2, -0.15) is 0 Å². The quantitative estimate of drug-likeness (QED) is 0.656. The molecule has 2 rings (SSSR count). The number of benzene rings is 1. The number of hydrogen-bond donors (Lipinski definition) is 1. The molecular formula is C16H17BrF2N3O2-. The molecule has 0 bridgehead atoms. The highest BCUT2D eigenvalue weighted by atomic mass is 79.9. The first-order valence-corrected chi connectivity index (χ1v) is 7.10. The van der Waals surface area contributed by atoms with E-state index in [9.17, 15) is 13.6 Å². The van der Waals surface area contributed by atoms with Crippen LogP contribution in [-0.4, -0.2) is 21.9 Å². The lowest BCUT2D eigenvalue weighted by Gasteiger charge is -2.12. The second-order valence-corrected chi connectivity index (χ2v) is 4.97. The summed E-state index contributed by atoms with van der Waals surface area (Å²) < 4.78 is 33.4. The molecule has 5 nitrogen and oxygen atoms in total. The first-order valence-electron chi connectivity index (χ1n) is 7.10. The summed E-state index contributed by atoms with van der Waals surface area (Å²) >= 11 is 0. The number of Topliss-reactive ketones (excluding diaryl/α,β-unsaturated/α-hetero) is 1. The molecule has 1 heterocycles. The Labute approximate surface area is 148 Å². The highest BCUT2D eigenvalue weighted by molar-refractivity contribution is 5.96.